The molecule has 0 unspecified atom stereocenters. The van der Waals surface area contributed by atoms with Crippen molar-refractivity contribution in [1.29, 1.82) is 0 Å². The second kappa shape index (κ2) is 7.53. The van der Waals surface area contributed by atoms with Crippen LogP contribution < -0.4 is 5.32 Å². The zero-order valence-corrected chi connectivity index (χ0v) is 12.7. The standard InChI is InChI=1S/C14H17F2N3OS/c1-19-5-3-18-14(19)21-13-11(15)7-10(8-12(13)16)9-17-4-6-20-2/h3,5,7-8,17H,4,6,9H2,1-2H3. The summed E-state index contributed by atoms with van der Waals surface area (Å²) in [4.78, 5) is 4.02. The van der Waals surface area contributed by atoms with Crippen LogP contribution in [0.4, 0.5) is 8.78 Å². The molecule has 0 amide bonds. The molecule has 1 aromatic heterocycles. The van der Waals surface area contributed by atoms with Gasteiger partial charge in [-0.05, 0) is 29.5 Å². The van der Waals surface area contributed by atoms with E-state index in [-0.39, 0.29) is 4.90 Å². The number of aromatic nitrogens is 2. The first-order valence-electron chi connectivity index (χ1n) is 6.44. The maximum Gasteiger partial charge on any atom is 0.172 e. The van der Waals surface area contributed by atoms with Crippen LogP contribution in [0.15, 0.2) is 34.6 Å². The quantitative estimate of drug-likeness (QED) is 0.798. The van der Waals surface area contributed by atoms with E-state index in [0.717, 1.165) is 11.8 Å². The molecule has 0 saturated carbocycles. The summed E-state index contributed by atoms with van der Waals surface area (Å²) < 4.78 is 34.7. The maximum atomic E-state index is 14.1. The van der Waals surface area contributed by atoms with E-state index in [1.54, 1.807) is 31.1 Å². The molecule has 4 nitrogen and oxygen atoms in total. The number of hydrogen-bond donors (Lipinski definition) is 1. The highest BCUT2D eigenvalue weighted by molar-refractivity contribution is 7.99. The van der Waals surface area contributed by atoms with E-state index >= 15 is 0 Å². The smallest absolute Gasteiger partial charge is 0.172 e. The molecular formula is C14H17F2N3OS. The van der Waals surface area contributed by atoms with Crippen molar-refractivity contribution in [2.75, 3.05) is 20.3 Å². The molecule has 0 fully saturated rings. The molecule has 7 heteroatoms. The molecule has 1 aromatic carbocycles. The summed E-state index contributed by atoms with van der Waals surface area (Å²) >= 11 is 0.976. The van der Waals surface area contributed by atoms with Gasteiger partial charge < -0.3 is 14.6 Å². The fourth-order valence-corrected chi connectivity index (χ4v) is 2.57. The summed E-state index contributed by atoms with van der Waals surface area (Å²) in [7, 11) is 3.38. The first-order valence-corrected chi connectivity index (χ1v) is 7.26. The van der Waals surface area contributed by atoms with Gasteiger partial charge in [0.1, 0.15) is 11.6 Å². The Morgan fingerprint density at radius 2 is 2.05 bits per heavy atom. The lowest BCUT2D eigenvalue weighted by Gasteiger charge is -2.09. The fourth-order valence-electron chi connectivity index (χ4n) is 1.76. The van der Waals surface area contributed by atoms with Gasteiger partial charge in [0.15, 0.2) is 5.16 Å². The SMILES string of the molecule is COCCNCc1cc(F)c(Sc2nccn2C)c(F)c1. The predicted octanol–water partition coefficient (Wildman–Crippen LogP) is 2.59. The summed E-state index contributed by atoms with van der Waals surface area (Å²) in [5.41, 5.74) is 0.560. The lowest BCUT2D eigenvalue weighted by atomic mass is 10.2. The molecule has 0 aliphatic carbocycles. The number of ether oxygens (including phenoxy) is 1. The predicted molar refractivity (Wildman–Crippen MR) is 77.3 cm³/mol. The number of nitrogens with one attached hydrogen (secondary N) is 1. The highest BCUT2D eigenvalue weighted by Crippen LogP contribution is 2.31. The fraction of sp³-hybridized carbons (Fsp3) is 0.357. The molecule has 0 saturated heterocycles. The van der Waals surface area contributed by atoms with Gasteiger partial charge in [-0.25, -0.2) is 13.8 Å². The molecule has 1 heterocycles. The van der Waals surface area contributed by atoms with Gasteiger partial charge in [0.25, 0.3) is 0 Å². The summed E-state index contributed by atoms with van der Waals surface area (Å²) in [6.07, 6.45) is 3.32. The zero-order valence-electron chi connectivity index (χ0n) is 11.9. The lowest BCUT2D eigenvalue weighted by Crippen LogP contribution is -2.18. The second-order valence-electron chi connectivity index (χ2n) is 4.48. The third kappa shape index (κ3) is 4.26. The first kappa shape index (κ1) is 15.9. The van der Waals surface area contributed by atoms with Crippen LogP contribution >= 0.6 is 11.8 Å². The van der Waals surface area contributed by atoms with E-state index in [1.807, 2.05) is 0 Å². The average molecular weight is 313 g/mol. The Balaban J connectivity index is 2.08. The largest absolute Gasteiger partial charge is 0.383 e. The first-order chi connectivity index (χ1) is 10.1. The lowest BCUT2D eigenvalue weighted by molar-refractivity contribution is 0.199. The third-order valence-corrected chi connectivity index (χ3v) is 4.01. The Morgan fingerprint density at radius 3 is 2.62 bits per heavy atom. The van der Waals surface area contributed by atoms with E-state index in [1.165, 1.54) is 12.1 Å². The van der Waals surface area contributed by atoms with Crippen LogP contribution in [0.3, 0.4) is 0 Å². The maximum absolute atomic E-state index is 14.1. The highest BCUT2D eigenvalue weighted by Gasteiger charge is 2.14. The summed E-state index contributed by atoms with van der Waals surface area (Å²) in [6.45, 7) is 1.58. The van der Waals surface area contributed by atoms with E-state index in [4.69, 9.17) is 4.74 Å². The average Bonchev–Trinajstić information content (AvgIpc) is 2.84. The molecule has 0 bridgehead atoms. The van der Waals surface area contributed by atoms with Gasteiger partial charge in [0.05, 0.1) is 11.5 Å². The number of aryl methyl sites for hydroxylation is 1. The van der Waals surface area contributed by atoms with Crippen molar-refractivity contribution in [3.63, 3.8) is 0 Å². The van der Waals surface area contributed by atoms with Crippen molar-refractivity contribution < 1.29 is 13.5 Å². The van der Waals surface area contributed by atoms with Crippen molar-refractivity contribution in [3.8, 4) is 0 Å². The van der Waals surface area contributed by atoms with Crippen molar-refractivity contribution in [2.24, 2.45) is 7.05 Å². The van der Waals surface area contributed by atoms with Crippen LogP contribution in [0.1, 0.15) is 5.56 Å². The Morgan fingerprint density at radius 1 is 1.33 bits per heavy atom. The molecule has 0 atom stereocenters. The van der Waals surface area contributed by atoms with Crippen LogP contribution in [-0.4, -0.2) is 29.8 Å². The molecule has 0 aliphatic heterocycles. The van der Waals surface area contributed by atoms with E-state index < -0.39 is 11.6 Å². The van der Waals surface area contributed by atoms with Crippen molar-refractivity contribution >= 4 is 11.8 Å². The third-order valence-electron chi connectivity index (χ3n) is 2.84. The molecule has 2 aromatic rings. The molecule has 1 N–H and O–H groups in total. The summed E-state index contributed by atoms with van der Waals surface area (Å²) in [5, 5.41) is 3.59. The van der Waals surface area contributed by atoms with Gasteiger partial charge >= 0.3 is 0 Å². The number of imidazole rings is 1. The van der Waals surface area contributed by atoms with E-state index in [9.17, 15) is 8.78 Å². The number of benzene rings is 1. The second-order valence-corrected chi connectivity index (χ2v) is 5.46. The van der Waals surface area contributed by atoms with Crippen LogP contribution in [0, 0.1) is 11.6 Å². The van der Waals surface area contributed by atoms with Gasteiger partial charge in [0.2, 0.25) is 0 Å². The van der Waals surface area contributed by atoms with Gasteiger partial charge in [0, 0.05) is 39.6 Å². The van der Waals surface area contributed by atoms with Crippen LogP contribution in [0.5, 0.6) is 0 Å². The number of methoxy groups -OCH3 is 1. The number of halogens is 2. The number of nitrogens with zero attached hydrogens (tertiary/aromatic N) is 2. The molecular weight excluding hydrogens is 296 g/mol. The summed E-state index contributed by atoms with van der Waals surface area (Å²) in [5.74, 6) is -1.15. The molecule has 21 heavy (non-hydrogen) atoms. The molecule has 2 rings (SSSR count). The Labute approximate surface area is 126 Å². The van der Waals surface area contributed by atoms with Crippen molar-refractivity contribution in [2.45, 2.75) is 16.6 Å². The molecule has 0 aliphatic rings. The Kier molecular flexibility index (Phi) is 5.72. The van der Waals surface area contributed by atoms with E-state index in [2.05, 4.69) is 10.3 Å². The minimum Gasteiger partial charge on any atom is -0.383 e. The van der Waals surface area contributed by atoms with Crippen LogP contribution in [0.25, 0.3) is 0 Å². The Hall–Kier alpha value is -1.44. The molecule has 114 valence electrons. The van der Waals surface area contributed by atoms with Crippen molar-refractivity contribution in [1.82, 2.24) is 14.9 Å². The van der Waals surface area contributed by atoms with Gasteiger partial charge in [-0.3, -0.25) is 0 Å². The zero-order chi connectivity index (χ0) is 15.2. The highest BCUT2D eigenvalue weighted by atomic mass is 32.2. The van der Waals surface area contributed by atoms with Crippen molar-refractivity contribution in [3.05, 3.63) is 41.7 Å². The van der Waals surface area contributed by atoms with Crippen LogP contribution in [-0.2, 0) is 18.3 Å². The minimum absolute atomic E-state index is 0.0371. The van der Waals surface area contributed by atoms with Gasteiger partial charge in [-0.1, -0.05) is 0 Å². The number of hydrogen-bond acceptors (Lipinski definition) is 4. The Bertz CT molecular complexity index is 581. The van der Waals surface area contributed by atoms with E-state index in [0.29, 0.717) is 30.4 Å². The van der Waals surface area contributed by atoms with Gasteiger partial charge in [-0.15, -0.1) is 0 Å². The monoisotopic (exact) mass is 313 g/mol. The summed E-state index contributed by atoms with van der Waals surface area (Å²) in [6, 6.07) is 2.68. The van der Waals surface area contributed by atoms with Crippen LogP contribution in [0.2, 0.25) is 0 Å². The molecule has 0 radical (unpaired) electrons. The minimum atomic E-state index is -0.577. The topological polar surface area (TPSA) is 39.1 Å². The number of rotatable bonds is 7. The van der Waals surface area contributed by atoms with Gasteiger partial charge in [-0.2, -0.15) is 0 Å². The normalized spacial score (nSPS) is 11.0. The molecule has 0 spiro atoms.